The molecule has 9 nitrogen and oxygen atoms in total. The van der Waals surface area contributed by atoms with E-state index in [4.69, 9.17) is 0 Å². The van der Waals surface area contributed by atoms with Crippen molar-refractivity contribution in [1.82, 2.24) is 20.2 Å². The molecule has 4 rings (SSSR count). The summed E-state index contributed by atoms with van der Waals surface area (Å²) in [7, 11) is 1.89. The lowest BCUT2D eigenvalue weighted by Gasteiger charge is -2.27. The SMILES string of the molecule is Cc1ccc2c(n1)Nc1nnc(NN=Cc3ccccc3O)nc1N2C. The number of phenolic OH excluding ortho intramolecular Hbond substituents is 1. The van der Waals surface area contributed by atoms with Crippen molar-refractivity contribution in [2.75, 3.05) is 22.7 Å². The van der Waals surface area contributed by atoms with Gasteiger partial charge in [-0.1, -0.05) is 12.1 Å². The highest BCUT2D eigenvalue weighted by atomic mass is 16.3. The van der Waals surface area contributed by atoms with E-state index in [2.05, 4.69) is 36.0 Å². The number of hydrogen-bond acceptors (Lipinski definition) is 9. The first-order chi connectivity index (χ1) is 12.6. The van der Waals surface area contributed by atoms with E-state index in [0.717, 1.165) is 17.2 Å². The molecule has 1 aromatic carbocycles. The molecular weight excluding hydrogens is 332 g/mol. The van der Waals surface area contributed by atoms with Gasteiger partial charge in [-0.25, -0.2) is 10.4 Å². The number of phenols is 1. The predicted octanol–water partition coefficient (Wildman–Crippen LogP) is 2.55. The van der Waals surface area contributed by atoms with Gasteiger partial charge in [-0.2, -0.15) is 10.1 Å². The van der Waals surface area contributed by atoms with Crippen LogP contribution in [0.2, 0.25) is 0 Å². The topological polar surface area (TPSA) is 111 Å². The van der Waals surface area contributed by atoms with Gasteiger partial charge in [0.05, 0.1) is 11.9 Å². The van der Waals surface area contributed by atoms with Crippen molar-refractivity contribution in [2.24, 2.45) is 5.10 Å². The third-order valence-corrected chi connectivity index (χ3v) is 3.90. The highest BCUT2D eigenvalue weighted by Gasteiger charge is 2.24. The van der Waals surface area contributed by atoms with Gasteiger partial charge < -0.3 is 15.3 Å². The van der Waals surface area contributed by atoms with Gasteiger partial charge in [-0.05, 0) is 31.2 Å². The van der Waals surface area contributed by atoms with Gasteiger partial charge in [0.1, 0.15) is 5.75 Å². The van der Waals surface area contributed by atoms with Crippen LogP contribution >= 0.6 is 0 Å². The third-order valence-electron chi connectivity index (χ3n) is 3.90. The van der Waals surface area contributed by atoms with Crippen LogP contribution in [0.5, 0.6) is 5.75 Å². The van der Waals surface area contributed by atoms with E-state index in [-0.39, 0.29) is 11.7 Å². The second-order valence-electron chi connectivity index (χ2n) is 5.74. The smallest absolute Gasteiger partial charge is 0.265 e. The Morgan fingerprint density at radius 3 is 2.81 bits per heavy atom. The molecule has 0 saturated carbocycles. The van der Waals surface area contributed by atoms with Crippen LogP contribution in [0.4, 0.5) is 29.1 Å². The fourth-order valence-corrected chi connectivity index (χ4v) is 2.57. The fourth-order valence-electron chi connectivity index (χ4n) is 2.57. The van der Waals surface area contributed by atoms with E-state index in [9.17, 15) is 5.11 Å². The maximum atomic E-state index is 9.73. The van der Waals surface area contributed by atoms with Gasteiger partial charge >= 0.3 is 0 Å². The molecule has 2 aromatic heterocycles. The van der Waals surface area contributed by atoms with Crippen molar-refractivity contribution in [3.8, 4) is 5.75 Å². The van der Waals surface area contributed by atoms with E-state index in [1.54, 1.807) is 18.2 Å². The number of hydrogen-bond donors (Lipinski definition) is 3. The summed E-state index contributed by atoms with van der Waals surface area (Å²) >= 11 is 0. The lowest BCUT2D eigenvalue weighted by Crippen LogP contribution is -2.22. The van der Waals surface area contributed by atoms with Crippen molar-refractivity contribution in [2.45, 2.75) is 6.92 Å². The van der Waals surface area contributed by atoms with Gasteiger partial charge in [0.25, 0.3) is 5.95 Å². The fraction of sp³-hybridized carbons (Fsp3) is 0.118. The molecule has 9 heteroatoms. The zero-order chi connectivity index (χ0) is 18.1. The molecule has 0 radical (unpaired) electrons. The van der Waals surface area contributed by atoms with Crippen LogP contribution in [0.15, 0.2) is 41.5 Å². The zero-order valence-corrected chi connectivity index (χ0v) is 14.2. The minimum absolute atomic E-state index is 0.144. The van der Waals surface area contributed by atoms with Gasteiger partial charge in [0.2, 0.25) is 0 Å². The van der Waals surface area contributed by atoms with Crippen molar-refractivity contribution in [1.29, 1.82) is 0 Å². The first-order valence-electron chi connectivity index (χ1n) is 7.92. The number of aryl methyl sites for hydroxylation is 1. The van der Waals surface area contributed by atoms with Gasteiger partial charge in [0, 0.05) is 18.3 Å². The molecule has 0 atom stereocenters. The molecule has 0 aliphatic carbocycles. The highest BCUT2D eigenvalue weighted by molar-refractivity contribution is 5.86. The molecule has 1 aliphatic heterocycles. The van der Waals surface area contributed by atoms with Gasteiger partial charge in [0.15, 0.2) is 17.5 Å². The quantitative estimate of drug-likeness (QED) is 0.489. The van der Waals surface area contributed by atoms with Crippen molar-refractivity contribution >= 4 is 35.3 Å². The van der Waals surface area contributed by atoms with Crippen LogP contribution in [0.1, 0.15) is 11.3 Å². The summed E-state index contributed by atoms with van der Waals surface area (Å²) in [5, 5.41) is 25.1. The molecular formula is C17H16N8O. The number of fused-ring (bicyclic) bond motifs is 2. The Morgan fingerprint density at radius 2 is 1.96 bits per heavy atom. The molecule has 0 bridgehead atoms. The number of aromatic hydroxyl groups is 1. The number of rotatable bonds is 3. The van der Waals surface area contributed by atoms with Gasteiger partial charge in [-0.15, -0.1) is 10.2 Å². The summed E-state index contributed by atoms with van der Waals surface area (Å²) < 4.78 is 0. The van der Waals surface area contributed by atoms with Crippen LogP contribution in [0.25, 0.3) is 0 Å². The Bertz CT molecular complexity index is 1000. The zero-order valence-electron chi connectivity index (χ0n) is 14.2. The molecule has 0 amide bonds. The molecule has 1 aliphatic rings. The summed E-state index contributed by atoms with van der Waals surface area (Å²) in [6.07, 6.45) is 1.49. The minimum atomic E-state index is 0.144. The van der Waals surface area contributed by atoms with E-state index in [1.165, 1.54) is 6.21 Å². The third kappa shape index (κ3) is 2.86. The lowest BCUT2D eigenvalue weighted by atomic mass is 10.2. The highest BCUT2D eigenvalue weighted by Crippen LogP contribution is 2.39. The van der Waals surface area contributed by atoms with Crippen LogP contribution < -0.4 is 15.6 Å². The number of pyridine rings is 1. The summed E-state index contributed by atoms with van der Waals surface area (Å²) in [5.41, 5.74) is 5.11. The summed E-state index contributed by atoms with van der Waals surface area (Å²) in [6.45, 7) is 1.93. The summed E-state index contributed by atoms with van der Waals surface area (Å²) in [5.74, 6) is 2.24. The Balaban J connectivity index is 1.57. The Hall–Kier alpha value is -3.75. The molecule has 3 N–H and O–H groups in total. The maximum Gasteiger partial charge on any atom is 0.265 e. The first kappa shape index (κ1) is 15.8. The van der Waals surface area contributed by atoms with Gasteiger partial charge in [-0.3, -0.25) is 0 Å². The molecule has 0 fully saturated rings. The Labute approximate surface area is 149 Å². The van der Waals surface area contributed by atoms with Crippen LogP contribution in [-0.4, -0.2) is 38.5 Å². The lowest BCUT2D eigenvalue weighted by molar-refractivity contribution is 0.474. The second-order valence-corrected chi connectivity index (χ2v) is 5.74. The molecule has 0 saturated heterocycles. The number of nitrogens with zero attached hydrogens (tertiary/aromatic N) is 6. The van der Waals surface area contributed by atoms with Crippen LogP contribution in [0.3, 0.4) is 0 Å². The van der Waals surface area contributed by atoms with E-state index >= 15 is 0 Å². The minimum Gasteiger partial charge on any atom is -0.507 e. The summed E-state index contributed by atoms with van der Waals surface area (Å²) in [6, 6.07) is 10.8. The largest absolute Gasteiger partial charge is 0.507 e. The molecule has 3 heterocycles. The molecule has 130 valence electrons. The molecule has 0 unspecified atom stereocenters. The van der Waals surface area contributed by atoms with Crippen molar-refractivity contribution in [3.63, 3.8) is 0 Å². The maximum absolute atomic E-state index is 9.73. The number of hydrazone groups is 1. The second kappa shape index (κ2) is 6.28. The monoisotopic (exact) mass is 348 g/mol. The number of nitrogens with one attached hydrogen (secondary N) is 2. The average molecular weight is 348 g/mol. The van der Waals surface area contributed by atoms with E-state index < -0.39 is 0 Å². The summed E-state index contributed by atoms with van der Waals surface area (Å²) in [4.78, 5) is 10.8. The van der Waals surface area contributed by atoms with Crippen LogP contribution in [0, 0.1) is 6.92 Å². The van der Waals surface area contributed by atoms with Crippen molar-refractivity contribution in [3.05, 3.63) is 47.7 Å². The molecule has 0 spiro atoms. The number of para-hydroxylation sites is 1. The predicted molar refractivity (Wildman–Crippen MR) is 99.5 cm³/mol. The first-order valence-corrected chi connectivity index (χ1v) is 7.92. The normalized spacial score (nSPS) is 12.5. The number of benzene rings is 1. The van der Waals surface area contributed by atoms with Crippen molar-refractivity contribution < 1.29 is 5.11 Å². The standard InChI is InChI=1S/C17H16N8O/c1-10-7-8-12-14(19-10)20-15-16(25(12)2)21-17(24-22-15)23-18-9-11-5-3-4-6-13(11)26/h3-9,26H,1-2H3,(H,19,20,22)(H,21,23,24). The number of aromatic nitrogens is 4. The number of anilines is 5. The Kier molecular flexibility index (Phi) is 3.81. The average Bonchev–Trinajstić information content (AvgIpc) is 2.64. The Morgan fingerprint density at radius 1 is 1.12 bits per heavy atom. The molecule has 26 heavy (non-hydrogen) atoms. The van der Waals surface area contributed by atoms with Crippen LogP contribution in [-0.2, 0) is 0 Å². The van der Waals surface area contributed by atoms with E-state index in [1.807, 2.05) is 37.1 Å². The van der Waals surface area contributed by atoms with E-state index in [0.29, 0.717) is 17.2 Å². The molecule has 3 aromatic rings.